The molecule has 1 rings (SSSR count). The Kier molecular flexibility index (Phi) is 4.03. The van der Waals surface area contributed by atoms with Gasteiger partial charge < -0.3 is 5.11 Å². The van der Waals surface area contributed by atoms with E-state index in [1.165, 1.54) is 11.3 Å². The van der Waals surface area contributed by atoms with Crippen LogP contribution in [0.4, 0.5) is 0 Å². The van der Waals surface area contributed by atoms with Crippen LogP contribution in [0.5, 0.6) is 0 Å². The Bertz CT molecular complexity index is 501. The highest BCUT2D eigenvalue weighted by Crippen LogP contribution is 2.26. The number of rotatable bonds is 4. The molecule has 0 aromatic carbocycles. The van der Waals surface area contributed by atoms with Gasteiger partial charge >= 0.3 is 0 Å². The number of aliphatic hydroxyl groups is 1. The summed E-state index contributed by atoms with van der Waals surface area (Å²) >= 11 is 1.45. The molecule has 1 unspecified atom stereocenters. The summed E-state index contributed by atoms with van der Waals surface area (Å²) < 4.78 is 26.9. The average molecular weight is 277 g/mol. The molecule has 17 heavy (non-hydrogen) atoms. The van der Waals surface area contributed by atoms with E-state index in [4.69, 9.17) is 0 Å². The van der Waals surface area contributed by atoms with Crippen molar-refractivity contribution in [2.45, 2.75) is 51.2 Å². The molecule has 0 aliphatic carbocycles. The first-order valence-electron chi connectivity index (χ1n) is 5.35. The lowest BCUT2D eigenvalue weighted by Gasteiger charge is -2.28. The Labute approximate surface area is 107 Å². The monoisotopic (exact) mass is 277 g/mol. The molecule has 2 N–H and O–H groups in total. The molecule has 0 aliphatic heterocycles. The summed E-state index contributed by atoms with van der Waals surface area (Å²) in [6.07, 6.45) is -0.766. The summed E-state index contributed by atoms with van der Waals surface area (Å²) in [7, 11) is -3.57. The van der Waals surface area contributed by atoms with Crippen LogP contribution in [-0.4, -0.2) is 25.2 Å². The third-order valence-corrected chi connectivity index (χ3v) is 5.62. The molecule has 4 nitrogen and oxygen atoms in total. The van der Waals surface area contributed by atoms with E-state index >= 15 is 0 Å². The molecule has 0 spiro atoms. The summed E-state index contributed by atoms with van der Waals surface area (Å²) in [6, 6.07) is 1.65. The average Bonchev–Trinajstić information content (AvgIpc) is 2.43. The molecule has 98 valence electrons. The molecule has 0 aliphatic rings. The first kappa shape index (κ1) is 14.6. The lowest BCUT2D eigenvalue weighted by molar-refractivity contribution is 0.111. The minimum atomic E-state index is -3.57. The Hall–Kier alpha value is -0.430. The number of hydrogen-bond acceptors (Lipinski definition) is 4. The first-order chi connectivity index (χ1) is 7.56. The minimum absolute atomic E-state index is 0.300. The van der Waals surface area contributed by atoms with Crippen LogP contribution in [0.15, 0.2) is 11.0 Å². The van der Waals surface area contributed by atoms with E-state index in [0.717, 1.165) is 9.75 Å². The van der Waals surface area contributed by atoms with Crippen LogP contribution in [0.25, 0.3) is 0 Å². The molecule has 1 aromatic heterocycles. The second-order valence-electron chi connectivity index (χ2n) is 4.78. The predicted octanol–water partition coefficient (Wildman–Crippen LogP) is 1.80. The highest BCUT2D eigenvalue weighted by molar-refractivity contribution is 7.89. The lowest BCUT2D eigenvalue weighted by Crippen LogP contribution is -2.50. The van der Waals surface area contributed by atoms with Gasteiger partial charge in [0, 0.05) is 9.75 Å². The van der Waals surface area contributed by atoms with Gasteiger partial charge in [-0.25, -0.2) is 13.1 Å². The number of nitrogens with one attached hydrogen (secondary N) is 1. The summed E-state index contributed by atoms with van der Waals surface area (Å²) in [4.78, 5) is 2.02. The second-order valence-corrected chi connectivity index (χ2v) is 7.89. The molecule has 0 amide bonds. The van der Waals surface area contributed by atoms with E-state index in [9.17, 15) is 13.5 Å². The van der Waals surface area contributed by atoms with Crippen molar-refractivity contribution in [3.63, 3.8) is 0 Å². The van der Waals surface area contributed by atoms with Crippen molar-refractivity contribution in [2.24, 2.45) is 0 Å². The molecular weight excluding hydrogens is 258 g/mol. The van der Waals surface area contributed by atoms with Crippen LogP contribution in [0.1, 0.15) is 30.5 Å². The van der Waals surface area contributed by atoms with Gasteiger partial charge in [0.25, 0.3) is 0 Å². The van der Waals surface area contributed by atoms with Crippen molar-refractivity contribution in [1.82, 2.24) is 4.72 Å². The Morgan fingerprint density at radius 1 is 1.41 bits per heavy atom. The van der Waals surface area contributed by atoms with Gasteiger partial charge in [-0.1, -0.05) is 0 Å². The maximum Gasteiger partial charge on any atom is 0.242 e. The van der Waals surface area contributed by atoms with E-state index in [1.54, 1.807) is 33.8 Å². The maximum absolute atomic E-state index is 12.2. The van der Waals surface area contributed by atoms with Crippen molar-refractivity contribution in [3.8, 4) is 0 Å². The lowest BCUT2D eigenvalue weighted by atomic mass is 10.0. The van der Waals surface area contributed by atoms with E-state index in [2.05, 4.69) is 4.72 Å². The normalized spacial score (nSPS) is 14.9. The minimum Gasteiger partial charge on any atom is -0.391 e. The fourth-order valence-electron chi connectivity index (χ4n) is 1.36. The summed E-state index contributed by atoms with van der Waals surface area (Å²) in [5, 5.41) is 9.54. The van der Waals surface area contributed by atoms with Gasteiger partial charge in [0.2, 0.25) is 10.0 Å². The second kappa shape index (κ2) is 4.68. The van der Waals surface area contributed by atoms with Crippen molar-refractivity contribution in [2.75, 3.05) is 0 Å². The number of thiophene rings is 1. The summed E-state index contributed by atoms with van der Waals surface area (Å²) in [5.41, 5.74) is -0.888. The van der Waals surface area contributed by atoms with Crippen LogP contribution in [-0.2, 0) is 10.0 Å². The highest BCUT2D eigenvalue weighted by Gasteiger charge is 2.31. The molecule has 0 radical (unpaired) electrons. The van der Waals surface area contributed by atoms with Gasteiger partial charge in [0.15, 0.2) is 0 Å². The molecule has 0 saturated heterocycles. The molecular formula is C11H19NO3S2. The van der Waals surface area contributed by atoms with Crippen molar-refractivity contribution >= 4 is 21.4 Å². The van der Waals surface area contributed by atoms with Crippen LogP contribution >= 0.6 is 11.3 Å². The third-order valence-electron chi connectivity index (χ3n) is 2.73. The van der Waals surface area contributed by atoms with Crippen LogP contribution < -0.4 is 4.72 Å². The predicted molar refractivity (Wildman–Crippen MR) is 69.9 cm³/mol. The molecule has 6 heteroatoms. The van der Waals surface area contributed by atoms with E-state index in [0.29, 0.717) is 4.90 Å². The maximum atomic E-state index is 12.2. The summed E-state index contributed by atoms with van der Waals surface area (Å²) in [5.74, 6) is 0. The third kappa shape index (κ3) is 3.28. The molecule has 0 bridgehead atoms. The van der Waals surface area contributed by atoms with Crippen molar-refractivity contribution in [3.05, 3.63) is 15.8 Å². The molecule has 1 atom stereocenters. The SMILES string of the molecule is Cc1cc(S(=O)(=O)NC(C)(C)C(C)O)c(C)s1. The van der Waals surface area contributed by atoms with Crippen molar-refractivity contribution < 1.29 is 13.5 Å². The van der Waals surface area contributed by atoms with E-state index < -0.39 is 21.7 Å². The van der Waals surface area contributed by atoms with Gasteiger partial charge in [-0.3, -0.25) is 0 Å². The number of hydrogen-bond donors (Lipinski definition) is 2. The Morgan fingerprint density at radius 2 is 1.94 bits per heavy atom. The fraction of sp³-hybridized carbons (Fsp3) is 0.636. The van der Waals surface area contributed by atoms with Gasteiger partial charge in [-0.15, -0.1) is 11.3 Å². The zero-order valence-corrected chi connectivity index (χ0v) is 12.4. The van der Waals surface area contributed by atoms with Gasteiger partial charge in [-0.05, 0) is 40.7 Å². The largest absolute Gasteiger partial charge is 0.391 e. The van der Waals surface area contributed by atoms with E-state index in [-0.39, 0.29) is 0 Å². The quantitative estimate of drug-likeness (QED) is 0.882. The molecule has 1 aromatic rings. The molecule has 0 fully saturated rings. The summed E-state index contributed by atoms with van der Waals surface area (Å²) in [6.45, 7) is 8.53. The number of aliphatic hydroxyl groups excluding tert-OH is 1. The van der Waals surface area contributed by atoms with Crippen LogP contribution in [0.2, 0.25) is 0 Å². The van der Waals surface area contributed by atoms with Gasteiger partial charge in [0.1, 0.15) is 0 Å². The zero-order valence-electron chi connectivity index (χ0n) is 10.7. The number of sulfonamides is 1. The Morgan fingerprint density at radius 3 is 2.29 bits per heavy atom. The van der Waals surface area contributed by atoms with Crippen LogP contribution in [0, 0.1) is 13.8 Å². The van der Waals surface area contributed by atoms with E-state index in [1.807, 2.05) is 6.92 Å². The number of aryl methyl sites for hydroxylation is 2. The molecule has 0 saturated carbocycles. The smallest absolute Gasteiger partial charge is 0.242 e. The van der Waals surface area contributed by atoms with Crippen LogP contribution in [0.3, 0.4) is 0 Å². The zero-order chi connectivity index (χ0) is 13.4. The first-order valence-corrected chi connectivity index (χ1v) is 7.65. The Balaban J connectivity index is 3.10. The van der Waals surface area contributed by atoms with Crippen molar-refractivity contribution in [1.29, 1.82) is 0 Å². The topological polar surface area (TPSA) is 66.4 Å². The standard InChI is InChI=1S/C11H19NO3S2/c1-7-6-10(8(2)16-7)17(14,15)12-11(4,5)9(3)13/h6,9,12-13H,1-5H3. The fourth-order valence-corrected chi connectivity index (χ4v) is 4.39. The van der Waals surface area contributed by atoms with Gasteiger partial charge in [0.05, 0.1) is 16.5 Å². The highest BCUT2D eigenvalue weighted by atomic mass is 32.2. The van der Waals surface area contributed by atoms with Gasteiger partial charge in [-0.2, -0.15) is 0 Å². The molecule has 1 heterocycles.